The van der Waals surface area contributed by atoms with Gasteiger partial charge in [0.05, 0.1) is 11.2 Å². The van der Waals surface area contributed by atoms with E-state index in [1.54, 1.807) is 0 Å². The Labute approximate surface area is 440 Å². The van der Waals surface area contributed by atoms with E-state index in [9.17, 15) is 0 Å². The first-order valence-electron chi connectivity index (χ1n) is 26.4. The maximum absolute atomic E-state index is 7.31. The summed E-state index contributed by atoms with van der Waals surface area (Å²) in [6.45, 7) is 11.3. The van der Waals surface area contributed by atoms with Crippen LogP contribution >= 0.6 is 0 Å². The Kier molecular flexibility index (Phi) is 8.78. The molecule has 76 heavy (non-hydrogen) atoms. The summed E-state index contributed by atoms with van der Waals surface area (Å²) in [5.74, 6) is 1.75. The largest absolute Gasteiger partial charge is 0.457 e. The molecule has 6 nitrogen and oxygen atoms in total. The van der Waals surface area contributed by atoms with Crippen LogP contribution in [-0.2, 0) is 10.8 Å². The third kappa shape index (κ3) is 5.94. The summed E-state index contributed by atoms with van der Waals surface area (Å²) in [7, 11) is 0. The molecule has 0 bridgehead atoms. The Bertz CT molecular complexity index is 4540. The predicted molar refractivity (Wildman–Crippen MR) is 314 cm³/mol. The second-order valence-electron chi connectivity index (χ2n) is 22.4. The van der Waals surface area contributed by atoms with Crippen LogP contribution in [0.3, 0.4) is 0 Å². The fourth-order valence-corrected chi connectivity index (χ4v) is 13.1. The monoisotopic (exact) mass is 979 g/mol. The smallest absolute Gasteiger partial charge is 0.333 e. The van der Waals surface area contributed by atoms with Crippen LogP contribution in [0, 0.1) is 0 Å². The number of nitrogens with zero attached hydrogens (tertiary/aromatic N) is 3. The number of anilines is 6. The average Bonchev–Trinajstić information content (AvgIpc) is 4.26. The van der Waals surface area contributed by atoms with Gasteiger partial charge in [-0.25, -0.2) is 0 Å². The van der Waals surface area contributed by atoms with Crippen LogP contribution in [0.2, 0.25) is 0 Å². The molecule has 3 aromatic heterocycles. The lowest BCUT2D eigenvalue weighted by Crippen LogP contribution is -2.57. The first-order chi connectivity index (χ1) is 37.1. The van der Waals surface area contributed by atoms with Gasteiger partial charge in [-0.2, -0.15) is 0 Å². The molecule has 3 aliphatic heterocycles. The number of hydrogen-bond acceptors (Lipinski definition) is 5. The van der Waals surface area contributed by atoms with Gasteiger partial charge < -0.3 is 27.8 Å². The molecule has 16 rings (SSSR count). The van der Waals surface area contributed by atoms with Gasteiger partial charge in [-0.05, 0) is 118 Å². The Morgan fingerprint density at radius 1 is 0.474 bits per heavy atom. The van der Waals surface area contributed by atoms with E-state index in [1.807, 2.05) is 0 Å². The molecule has 362 valence electrons. The van der Waals surface area contributed by atoms with Crippen molar-refractivity contribution in [2.24, 2.45) is 0 Å². The van der Waals surface area contributed by atoms with Crippen LogP contribution in [0.4, 0.5) is 34.1 Å². The van der Waals surface area contributed by atoms with Gasteiger partial charge in [0.2, 0.25) is 0 Å². The third-order valence-corrected chi connectivity index (χ3v) is 16.7. The number of rotatable bonds is 5. The lowest BCUT2D eigenvalue weighted by molar-refractivity contribution is 0.418. The molecule has 13 aromatic rings. The van der Waals surface area contributed by atoms with Gasteiger partial charge in [0.1, 0.15) is 28.2 Å². The van der Waals surface area contributed by atoms with Gasteiger partial charge in [-0.1, -0.05) is 156 Å². The topological polar surface area (TPSA) is 46.9 Å². The average molecular weight is 980 g/mol. The Morgan fingerprint density at radius 3 is 1.86 bits per heavy atom. The van der Waals surface area contributed by atoms with Gasteiger partial charge in [0, 0.05) is 88.7 Å². The standard InChI is InChI=1S/C69H50BN3O3/c1-68(2,3)42-33-34-55(48(35-42)41-21-9-6-10-22-41)72-56-39-53-61(74-60-32-20-17-29-52(60)69(53,4)5)40-54(56)70-63-57(72)38-49-46-27-15-18-30-58(46)75-66(49)62(63)50-36-45(71(43-23-11-7-12-24-43)44-25-13-8-14-26-44)37-51-64(50)73(70)65-47-28-16-19-31-59(47)76-67(51)65/h6-40H,1-5H3. The third-order valence-electron chi connectivity index (χ3n) is 16.7. The summed E-state index contributed by atoms with van der Waals surface area (Å²) in [5.41, 5.74) is 21.9. The highest BCUT2D eigenvalue weighted by atomic mass is 16.5. The van der Waals surface area contributed by atoms with Crippen molar-refractivity contribution in [1.82, 2.24) is 4.48 Å². The minimum absolute atomic E-state index is 0.0953. The molecule has 6 heterocycles. The molecular formula is C69H50BN3O3. The number of hydrogen-bond donors (Lipinski definition) is 0. The van der Waals surface area contributed by atoms with Crippen LogP contribution < -0.4 is 25.5 Å². The SMILES string of the molecule is CC(C)(C)c1ccc(N2c3cc4c(cc3B3c5c2cc2c(oc6ccccc62)c5-c2cc(N(c5ccccc5)c5ccccc5)cc5c6oc7ccccc7c6n3c25)Oc2ccccc2C4(C)C)c(-c2ccccc2)c1. The maximum atomic E-state index is 7.31. The van der Waals surface area contributed by atoms with Gasteiger partial charge in [0.15, 0.2) is 5.58 Å². The summed E-state index contributed by atoms with van der Waals surface area (Å²) < 4.78 is 24.2. The van der Waals surface area contributed by atoms with E-state index in [-0.39, 0.29) is 17.7 Å². The molecule has 0 amide bonds. The molecule has 0 atom stereocenters. The van der Waals surface area contributed by atoms with Crippen molar-refractivity contribution in [2.45, 2.75) is 45.4 Å². The van der Waals surface area contributed by atoms with Crippen molar-refractivity contribution in [2.75, 3.05) is 9.80 Å². The Balaban J connectivity index is 1.11. The van der Waals surface area contributed by atoms with E-state index in [4.69, 9.17) is 13.6 Å². The summed E-state index contributed by atoms with van der Waals surface area (Å²) in [6, 6.07) is 77.0. The number of benzene rings is 10. The molecule has 3 aliphatic rings. The van der Waals surface area contributed by atoms with E-state index in [0.717, 1.165) is 139 Å². The fourth-order valence-electron chi connectivity index (χ4n) is 13.1. The first-order valence-corrected chi connectivity index (χ1v) is 26.4. The van der Waals surface area contributed by atoms with Crippen LogP contribution in [0.5, 0.6) is 11.5 Å². The van der Waals surface area contributed by atoms with Gasteiger partial charge in [-0.3, -0.25) is 0 Å². The number of aromatic nitrogens is 1. The molecule has 0 unspecified atom stereocenters. The minimum atomic E-state index is -0.382. The highest BCUT2D eigenvalue weighted by Gasteiger charge is 2.48. The van der Waals surface area contributed by atoms with Crippen molar-refractivity contribution in [3.05, 3.63) is 229 Å². The molecule has 0 N–H and O–H groups in total. The number of para-hydroxylation sites is 5. The lowest BCUT2D eigenvalue weighted by atomic mass is 9.44. The Morgan fingerprint density at radius 2 is 1.12 bits per heavy atom. The van der Waals surface area contributed by atoms with E-state index < -0.39 is 0 Å². The maximum Gasteiger partial charge on any atom is 0.333 e. The molecule has 0 saturated heterocycles. The van der Waals surface area contributed by atoms with E-state index >= 15 is 0 Å². The van der Waals surface area contributed by atoms with Gasteiger partial charge >= 0.3 is 6.85 Å². The second kappa shape index (κ2) is 15.4. The second-order valence-corrected chi connectivity index (χ2v) is 22.4. The fraction of sp³-hybridized carbons (Fsp3) is 0.101. The molecule has 0 aliphatic carbocycles. The number of ether oxygens (including phenoxy) is 1. The first kappa shape index (κ1) is 43.2. The molecule has 10 aromatic carbocycles. The lowest BCUT2D eigenvalue weighted by Gasteiger charge is -2.43. The zero-order valence-electron chi connectivity index (χ0n) is 42.9. The van der Waals surface area contributed by atoms with Crippen molar-refractivity contribution >= 4 is 107 Å². The quantitative estimate of drug-likeness (QED) is 0.161. The highest BCUT2D eigenvalue weighted by molar-refractivity contribution is 6.90. The molecule has 0 saturated carbocycles. The van der Waals surface area contributed by atoms with Crippen LogP contribution in [0.25, 0.3) is 77.2 Å². The highest BCUT2D eigenvalue weighted by Crippen LogP contribution is 2.56. The summed E-state index contributed by atoms with van der Waals surface area (Å²) in [4.78, 5) is 4.95. The van der Waals surface area contributed by atoms with Crippen molar-refractivity contribution in [3.8, 4) is 33.8 Å². The van der Waals surface area contributed by atoms with Crippen LogP contribution in [0.15, 0.2) is 221 Å². The zero-order chi connectivity index (χ0) is 50.8. The van der Waals surface area contributed by atoms with E-state index in [0.29, 0.717) is 0 Å². The van der Waals surface area contributed by atoms with Crippen LogP contribution in [0.1, 0.15) is 51.3 Å². The molecule has 0 fully saturated rings. The number of fused-ring (bicyclic) bond motifs is 15. The van der Waals surface area contributed by atoms with E-state index in [2.05, 4.69) is 261 Å². The number of furan rings is 2. The normalized spacial score (nSPS) is 14.0. The van der Waals surface area contributed by atoms with Gasteiger partial charge in [-0.15, -0.1) is 0 Å². The molecule has 0 radical (unpaired) electrons. The summed E-state index contributed by atoms with van der Waals surface area (Å²) >= 11 is 0. The molecule has 7 heteroatoms. The van der Waals surface area contributed by atoms with Crippen molar-refractivity contribution in [1.29, 1.82) is 0 Å². The van der Waals surface area contributed by atoms with Crippen molar-refractivity contribution in [3.63, 3.8) is 0 Å². The van der Waals surface area contributed by atoms with Crippen LogP contribution in [-0.4, -0.2) is 11.3 Å². The van der Waals surface area contributed by atoms with E-state index in [1.165, 1.54) is 11.1 Å². The Hall–Kier alpha value is -9.20. The predicted octanol–water partition coefficient (Wildman–Crippen LogP) is 17.7. The zero-order valence-corrected chi connectivity index (χ0v) is 42.9. The summed E-state index contributed by atoms with van der Waals surface area (Å²) in [5, 5.41) is 4.24. The summed E-state index contributed by atoms with van der Waals surface area (Å²) in [6.07, 6.45) is 0. The van der Waals surface area contributed by atoms with Gasteiger partial charge in [0.25, 0.3) is 0 Å². The molecular weight excluding hydrogens is 930 g/mol. The van der Waals surface area contributed by atoms with Crippen molar-refractivity contribution < 1.29 is 13.6 Å². The minimum Gasteiger partial charge on any atom is -0.457 e. The molecule has 0 spiro atoms.